The van der Waals surface area contributed by atoms with Crippen LogP contribution >= 0.6 is 0 Å². The zero-order chi connectivity index (χ0) is 24.3. The highest BCUT2D eigenvalue weighted by molar-refractivity contribution is 7.89. The summed E-state index contributed by atoms with van der Waals surface area (Å²) in [7, 11) is -3.82. The van der Waals surface area contributed by atoms with Crippen LogP contribution in [0.3, 0.4) is 0 Å². The van der Waals surface area contributed by atoms with Crippen LogP contribution < -0.4 is 9.47 Å². The molecule has 1 fully saturated rings. The van der Waals surface area contributed by atoms with Crippen LogP contribution in [0.5, 0.6) is 11.5 Å². The van der Waals surface area contributed by atoms with Crippen molar-refractivity contribution in [1.29, 1.82) is 0 Å². The van der Waals surface area contributed by atoms with Crippen LogP contribution in [0.25, 0.3) is 0 Å². The van der Waals surface area contributed by atoms with Gasteiger partial charge in [-0.1, -0.05) is 6.07 Å². The first-order chi connectivity index (χ1) is 16.2. The first-order valence-electron chi connectivity index (χ1n) is 11.1. The Morgan fingerprint density at radius 2 is 1.68 bits per heavy atom. The van der Waals surface area contributed by atoms with E-state index in [2.05, 4.69) is 0 Å². The fourth-order valence-electron chi connectivity index (χ4n) is 3.89. The van der Waals surface area contributed by atoms with Gasteiger partial charge in [0.1, 0.15) is 0 Å². The Morgan fingerprint density at radius 3 is 2.41 bits per heavy atom. The van der Waals surface area contributed by atoms with Crippen LogP contribution in [0.1, 0.15) is 41.0 Å². The minimum atomic E-state index is -3.82. The number of ether oxygens (including phenoxy) is 4. The number of ketones is 1. The molecule has 0 aliphatic carbocycles. The summed E-state index contributed by atoms with van der Waals surface area (Å²) in [5.74, 6) is -0.167. The second kappa shape index (κ2) is 10.1. The van der Waals surface area contributed by atoms with E-state index in [-0.39, 0.29) is 35.8 Å². The molecule has 0 bridgehead atoms. The molecule has 2 aromatic rings. The molecule has 4 rings (SSSR count). The molecule has 34 heavy (non-hydrogen) atoms. The van der Waals surface area contributed by atoms with E-state index in [1.54, 1.807) is 18.2 Å². The highest BCUT2D eigenvalue weighted by Gasteiger charge is 2.32. The van der Waals surface area contributed by atoms with Crippen LogP contribution in [0.2, 0.25) is 0 Å². The average molecular weight is 490 g/mol. The number of hydrogen-bond acceptors (Lipinski definition) is 8. The Hall–Kier alpha value is -2.95. The van der Waals surface area contributed by atoms with Gasteiger partial charge in [-0.3, -0.25) is 4.79 Å². The molecule has 0 saturated carbocycles. The summed E-state index contributed by atoms with van der Waals surface area (Å²) in [4.78, 5) is 25.1. The monoisotopic (exact) mass is 489 g/mol. The van der Waals surface area contributed by atoms with Crippen molar-refractivity contribution in [2.45, 2.75) is 37.4 Å². The maximum absolute atomic E-state index is 13.1. The summed E-state index contributed by atoms with van der Waals surface area (Å²) in [6, 6.07) is 10.4. The SMILES string of the molecule is C[C@@H]1CN(S(=O)(=O)c2cccc(C(=O)OCC(=O)c3ccc4c(c3)OCCCO4)c2)C[C@@H](C)O1. The molecular formula is C24H27NO8S. The second-order valence-electron chi connectivity index (χ2n) is 8.32. The summed E-state index contributed by atoms with van der Waals surface area (Å²) < 4.78 is 49.4. The van der Waals surface area contributed by atoms with Gasteiger partial charge in [-0.15, -0.1) is 0 Å². The first kappa shape index (κ1) is 24.2. The van der Waals surface area contributed by atoms with Gasteiger partial charge in [0.25, 0.3) is 0 Å². The Balaban J connectivity index is 1.43. The molecule has 0 spiro atoms. The molecule has 0 unspecified atom stereocenters. The summed E-state index contributed by atoms with van der Waals surface area (Å²) in [6.07, 6.45) is 0.277. The van der Waals surface area contributed by atoms with E-state index in [1.165, 1.54) is 28.6 Å². The van der Waals surface area contributed by atoms with E-state index in [0.29, 0.717) is 30.3 Å². The Kier molecular flexibility index (Phi) is 7.20. The van der Waals surface area contributed by atoms with Crippen molar-refractivity contribution in [3.8, 4) is 11.5 Å². The van der Waals surface area contributed by atoms with Crippen molar-refractivity contribution in [3.05, 3.63) is 53.6 Å². The van der Waals surface area contributed by atoms with Gasteiger partial charge >= 0.3 is 5.97 Å². The van der Waals surface area contributed by atoms with Gasteiger partial charge in [0.15, 0.2) is 23.9 Å². The molecule has 2 aliphatic rings. The molecule has 2 aromatic carbocycles. The maximum Gasteiger partial charge on any atom is 0.338 e. The molecule has 0 amide bonds. The van der Waals surface area contributed by atoms with Gasteiger partial charge in [0.05, 0.1) is 35.9 Å². The van der Waals surface area contributed by atoms with Gasteiger partial charge in [0, 0.05) is 25.1 Å². The summed E-state index contributed by atoms with van der Waals surface area (Å²) in [5, 5.41) is 0. The van der Waals surface area contributed by atoms with Crippen molar-refractivity contribution < 1.29 is 37.0 Å². The number of carbonyl (C=O) groups excluding carboxylic acids is 2. The van der Waals surface area contributed by atoms with E-state index in [4.69, 9.17) is 18.9 Å². The van der Waals surface area contributed by atoms with E-state index < -0.39 is 28.4 Å². The predicted molar refractivity (Wildman–Crippen MR) is 122 cm³/mol. The van der Waals surface area contributed by atoms with E-state index >= 15 is 0 Å². The standard InChI is InChI=1S/C24H27NO8S/c1-16-13-25(14-17(2)33-16)34(28,29)20-6-3-5-19(11-20)24(27)32-15-21(26)18-7-8-22-23(12-18)31-10-4-9-30-22/h3,5-8,11-12,16-17H,4,9-10,13-15H2,1-2H3/t16-,17-/m1/s1. The lowest BCUT2D eigenvalue weighted by molar-refractivity contribution is -0.0440. The zero-order valence-corrected chi connectivity index (χ0v) is 19.9. The average Bonchev–Trinajstić information content (AvgIpc) is 3.06. The van der Waals surface area contributed by atoms with E-state index in [0.717, 1.165) is 6.42 Å². The van der Waals surface area contributed by atoms with Gasteiger partial charge < -0.3 is 18.9 Å². The molecule has 10 heteroatoms. The number of Topliss-reactive ketones (excluding diaryl/α,β-unsaturated/α-hetero) is 1. The van der Waals surface area contributed by atoms with Crippen LogP contribution in [0.4, 0.5) is 0 Å². The topological polar surface area (TPSA) is 108 Å². The Labute approximate surface area is 198 Å². The second-order valence-corrected chi connectivity index (χ2v) is 10.3. The zero-order valence-electron chi connectivity index (χ0n) is 19.1. The largest absolute Gasteiger partial charge is 0.490 e. The van der Waals surface area contributed by atoms with Gasteiger partial charge in [0.2, 0.25) is 10.0 Å². The number of rotatable bonds is 6. The van der Waals surface area contributed by atoms with E-state index in [9.17, 15) is 18.0 Å². The minimum absolute atomic E-state index is 0.0162. The highest BCUT2D eigenvalue weighted by Crippen LogP contribution is 2.30. The molecule has 2 aliphatic heterocycles. The lowest BCUT2D eigenvalue weighted by Gasteiger charge is -2.34. The smallest absolute Gasteiger partial charge is 0.338 e. The van der Waals surface area contributed by atoms with Crippen molar-refractivity contribution in [2.24, 2.45) is 0 Å². The first-order valence-corrected chi connectivity index (χ1v) is 12.5. The molecule has 1 saturated heterocycles. The lowest BCUT2D eigenvalue weighted by atomic mass is 10.1. The van der Waals surface area contributed by atoms with Crippen molar-refractivity contribution >= 4 is 21.8 Å². The maximum atomic E-state index is 13.1. The van der Waals surface area contributed by atoms with Gasteiger partial charge in [-0.25, -0.2) is 13.2 Å². The normalized spacial score (nSPS) is 20.9. The number of hydrogen-bond donors (Lipinski definition) is 0. The number of benzene rings is 2. The number of nitrogens with zero attached hydrogens (tertiary/aromatic N) is 1. The summed E-state index contributed by atoms with van der Waals surface area (Å²) in [5.41, 5.74) is 0.367. The van der Waals surface area contributed by atoms with Crippen LogP contribution in [0, 0.1) is 0 Å². The molecule has 2 atom stereocenters. The van der Waals surface area contributed by atoms with Crippen molar-refractivity contribution in [3.63, 3.8) is 0 Å². The molecule has 182 valence electrons. The van der Waals surface area contributed by atoms with Crippen molar-refractivity contribution in [2.75, 3.05) is 32.9 Å². The quantitative estimate of drug-likeness (QED) is 0.450. The number of sulfonamides is 1. The van der Waals surface area contributed by atoms with Gasteiger partial charge in [-0.05, 0) is 50.2 Å². The number of esters is 1. The molecular weight excluding hydrogens is 462 g/mol. The van der Waals surface area contributed by atoms with Crippen LogP contribution in [-0.2, 0) is 19.5 Å². The molecule has 0 radical (unpaired) electrons. The Morgan fingerprint density at radius 1 is 0.971 bits per heavy atom. The van der Waals surface area contributed by atoms with Crippen molar-refractivity contribution in [1.82, 2.24) is 4.31 Å². The third kappa shape index (κ3) is 5.40. The van der Waals surface area contributed by atoms with E-state index in [1.807, 2.05) is 13.8 Å². The molecule has 9 nitrogen and oxygen atoms in total. The molecule has 0 aromatic heterocycles. The fourth-order valence-corrected chi connectivity index (χ4v) is 5.53. The fraction of sp³-hybridized carbons (Fsp3) is 0.417. The number of carbonyl (C=O) groups is 2. The third-order valence-electron chi connectivity index (χ3n) is 5.50. The lowest BCUT2D eigenvalue weighted by Crippen LogP contribution is -2.48. The predicted octanol–water partition coefficient (Wildman–Crippen LogP) is 2.69. The molecule has 0 N–H and O–H groups in total. The van der Waals surface area contributed by atoms with Crippen LogP contribution in [-0.4, -0.2) is 69.6 Å². The van der Waals surface area contributed by atoms with Gasteiger partial charge in [-0.2, -0.15) is 4.31 Å². The highest BCUT2D eigenvalue weighted by atomic mass is 32.2. The number of fused-ring (bicyclic) bond motifs is 1. The summed E-state index contributed by atoms with van der Waals surface area (Å²) >= 11 is 0. The minimum Gasteiger partial charge on any atom is -0.490 e. The number of morpholine rings is 1. The Bertz CT molecular complexity index is 1170. The third-order valence-corrected chi connectivity index (χ3v) is 7.33. The van der Waals surface area contributed by atoms with Crippen LogP contribution in [0.15, 0.2) is 47.4 Å². The summed E-state index contributed by atoms with van der Waals surface area (Å²) in [6.45, 7) is 4.61. The molecule has 2 heterocycles.